The van der Waals surface area contributed by atoms with Crippen LogP contribution in [0, 0.1) is 13.8 Å². The third-order valence-electron chi connectivity index (χ3n) is 6.03. The largest absolute Gasteiger partial charge is 0.342 e. The van der Waals surface area contributed by atoms with Gasteiger partial charge in [-0.25, -0.2) is 0 Å². The Morgan fingerprint density at radius 1 is 0.812 bits per heavy atom. The van der Waals surface area contributed by atoms with E-state index in [-0.39, 0.29) is 11.8 Å². The quantitative estimate of drug-likeness (QED) is 0.536. The third-order valence-corrected chi connectivity index (χ3v) is 6.03. The van der Waals surface area contributed by atoms with Crippen LogP contribution in [0.5, 0.6) is 0 Å². The van der Waals surface area contributed by atoms with Crippen molar-refractivity contribution in [2.75, 3.05) is 18.0 Å². The molecule has 0 bridgehead atoms. The van der Waals surface area contributed by atoms with Gasteiger partial charge in [-0.2, -0.15) is 0 Å². The average molecular weight is 427 g/mol. The molecule has 1 aliphatic heterocycles. The fraction of sp³-hybridized carbons (Fsp3) is 0.286. The first kappa shape index (κ1) is 21.8. The van der Waals surface area contributed by atoms with Crippen molar-refractivity contribution in [1.82, 2.24) is 4.90 Å². The molecule has 1 aliphatic rings. The number of hydrogen-bond donors (Lipinski definition) is 0. The van der Waals surface area contributed by atoms with E-state index in [1.807, 2.05) is 77.4 Å². The number of carbonyl (C=O) groups is 2. The number of aryl methyl sites for hydroxylation is 2. The Bertz CT molecular complexity index is 1080. The Morgan fingerprint density at radius 3 is 2.16 bits per heavy atom. The predicted octanol–water partition coefficient (Wildman–Crippen LogP) is 5.32. The molecule has 1 heterocycles. The molecule has 0 N–H and O–H groups in total. The highest BCUT2D eigenvalue weighted by molar-refractivity contribution is 6.06. The first-order chi connectivity index (χ1) is 15.5. The first-order valence-electron chi connectivity index (χ1n) is 11.3. The number of likely N-dealkylation sites (tertiary alicyclic amines) is 1. The van der Waals surface area contributed by atoms with Crippen molar-refractivity contribution >= 4 is 17.5 Å². The maximum atomic E-state index is 13.4. The molecule has 3 aromatic carbocycles. The first-order valence-corrected chi connectivity index (χ1v) is 11.3. The number of amides is 2. The van der Waals surface area contributed by atoms with Gasteiger partial charge in [0.2, 0.25) is 5.91 Å². The summed E-state index contributed by atoms with van der Waals surface area (Å²) in [4.78, 5) is 29.7. The van der Waals surface area contributed by atoms with Gasteiger partial charge in [0.15, 0.2) is 0 Å². The highest BCUT2D eigenvalue weighted by Crippen LogP contribution is 2.22. The summed E-state index contributed by atoms with van der Waals surface area (Å²) in [5.74, 6) is 0.148. The van der Waals surface area contributed by atoms with Crippen LogP contribution in [0.15, 0.2) is 72.8 Å². The van der Waals surface area contributed by atoms with Crippen molar-refractivity contribution in [1.29, 1.82) is 0 Å². The number of benzene rings is 3. The maximum Gasteiger partial charge on any atom is 0.258 e. The number of hydrogen-bond acceptors (Lipinski definition) is 2. The molecule has 2 amide bonds. The summed E-state index contributed by atoms with van der Waals surface area (Å²) in [6.07, 6.45) is 2.60. The zero-order valence-corrected chi connectivity index (χ0v) is 18.9. The molecule has 4 rings (SSSR count). The van der Waals surface area contributed by atoms with Crippen LogP contribution in [0.2, 0.25) is 0 Å². The van der Waals surface area contributed by atoms with Crippen molar-refractivity contribution in [3.8, 4) is 0 Å². The summed E-state index contributed by atoms with van der Waals surface area (Å²) in [5, 5.41) is 0. The molecule has 1 saturated heterocycles. The molecule has 0 radical (unpaired) electrons. The molecule has 32 heavy (non-hydrogen) atoms. The maximum absolute atomic E-state index is 13.4. The zero-order chi connectivity index (χ0) is 22.5. The van der Waals surface area contributed by atoms with Crippen molar-refractivity contribution in [2.24, 2.45) is 0 Å². The minimum atomic E-state index is -0.0348. The Hall–Kier alpha value is -3.40. The van der Waals surface area contributed by atoms with Gasteiger partial charge in [-0.15, -0.1) is 0 Å². The molecule has 4 nitrogen and oxygen atoms in total. The lowest BCUT2D eigenvalue weighted by molar-refractivity contribution is -0.129. The molecule has 3 aromatic rings. The Labute approximate surface area is 190 Å². The van der Waals surface area contributed by atoms with Gasteiger partial charge in [-0.05, 0) is 62.1 Å². The summed E-state index contributed by atoms with van der Waals surface area (Å²) < 4.78 is 0. The number of nitrogens with zero attached hydrogens (tertiary/aromatic N) is 2. The zero-order valence-electron chi connectivity index (χ0n) is 18.9. The minimum Gasteiger partial charge on any atom is -0.342 e. The molecule has 0 saturated carbocycles. The normalized spacial score (nSPS) is 13.2. The third kappa shape index (κ3) is 5.25. The Morgan fingerprint density at radius 2 is 1.50 bits per heavy atom. The van der Waals surface area contributed by atoms with Gasteiger partial charge in [0, 0.05) is 24.3 Å². The monoisotopic (exact) mass is 426 g/mol. The van der Waals surface area contributed by atoms with Gasteiger partial charge in [0.25, 0.3) is 5.91 Å². The van der Waals surface area contributed by atoms with Crippen LogP contribution in [0.3, 0.4) is 0 Å². The summed E-state index contributed by atoms with van der Waals surface area (Å²) >= 11 is 0. The van der Waals surface area contributed by atoms with Crippen LogP contribution in [0.1, 0.15) is 45.5 Å². The topological polar surface area (TPSA) is 40.6 Å². The SMILES string of the molecule is Cc1ccc(C(=O)N(Cc2cccc(C)c2)c2ccc(CC(=O)N3CCCC3)cc2)cc1. The van der Waals surface area contributed by atoms with Gasteiger partial charge in [-0.3, -0.25) is 9.59 Å². The van der Waals surface area contributed by atoms with Crippen LogP contribution >= 0.6 is 0 Å². The van der Waals surface area contributed by atoms with E-state index in [0.29, 0.717) is 18.5 Å². The average Bonchev–Trinajstić information content (AvgIpc) is 3.34. The molecule has 164 valence electrons. The molecular formula is C28H30N2O2. The van der Waals surface area contributed by atoms with Gasteiger partial charge in [-0.1, -0.05) is 59.7 Å². The van der Waals surface area contributed by atoms with Crippen LogP contribution in [-0.4, -0.2) is 29.8 Å². The van der Waals surface area contributed by atoms with Gasteiger partial charge in [0.1, 0.15) is 0 Å². The second-order valence-corrected chi connectivity index (χ2v) is 8.68. The van der Waals surface area contributed by atoms with E-state index < -0.39 is 0 Å². The lowest BCUT2D eigenvalue weighted by atomic mass is 10.1. The van der Waals surface area contributed by atoms with Crippen molar-refractivity contribution < 1.29 is 9.59 Å². The summed E-state index contributed by atoms with van der Waals surface area (Å²) in [5.41, 5.74) is 5.84. The van der Waals surface area contributed by atoms with Crippen LogP contribution in [0.4, 0.5) is 5.69 Å². The van der Waals surface area contributed by atoms with Crippen molar-refractivity contribution in [3.05, 3.63) is 101 Å². The molecule has 0 atom stereocenters. The van der Waals surface area contributed by atoms with E-state index in [2.05, 4.69) is 19.1 Å². The second kappa shape index (κ2) is 9.82. The van der Waals surface area contributed by atoms with E-state index in [1.54, 1.807) is 0 Å². The standard InChI is InChI=1S/C28H30N2O2/c1-21-8-12-25(13-9-21)28(32)30(20-24-7-5-6-22(2)18-24)26-14-10-23(11-15-26)19-27(31)29-16-3-4-17-29/h5-15,18H,3-4,16-17,19-20H2,1-2H3. The minimum absolute atomic E-state index is 0.0348. The lowest BCUT2D eigenvalue weighted by Crippen LogP contribution is -2.30. The van der Waals surface area contributed by atoms with Crippen LogP contribution < -0.4 is 4.90 Å². The molecule has 0 aromatic heterocycles. The molecule has 0 aliphatic carbocycles. The van der Waals surface area contributed by atoms with E-state index in [0.717, 1.165) is 48.3 Å². The van der Waals surface area contributed by atoms with E-state index in [4.69, 9.17) is 0 Å². The predicted molar refractivity (Wildman–Crippen MR) is 129 cm³/mol. The fourth-order valence-corrected chi connectivity index (χ4v) is 4.17. The highest BCUT2D eigenvalue weighted by Gasteiger charge is 2.20. The second-order valence-electron chi connectivity index (χ2n) is 8.68. The molecule has 0 spiro atoms. The Balaban J connectivity index is 1.57. The summed E-state index contributed by atoms with van der Waals surface area (Å²) in [7, 11) is 0. The van der Waals surface area contributed by atoms with Crippen LogP contribution in [0.25, 0.3) is 0 Å². The van der Waals surface area contributed by atoms with Crippen molar-refractivity contribution in [3.63, 3.8) is 0 Å². The molecule has 0 unspecified atom stereocenters. The summed E-state index contributed by atoms with van der Waals surface area (Å²) in [6.45, 7) is 6.29. The Kier molecular flexibility index (Phi) is 6.69. The van der Waals surface area contributed by atoms with E-state index >= 15 is 0 Å². The van der Waals surface area contributed by atoms with Crippen LogP contribution in [-0.2, 0) is 17.8 Å². The smallest absolute Gasteiger partial charge is 0.258 e. The number of carbonyl (C=O) groups excluding carboxylic acids is 2. The molecular weight excluding hydrogens is 396 g/mol. The van der Waals surface area contributed by atoms with E-state index in [1.165, 1.54) is 5.56 Å². The highest BCUT2D eigenvalue weighted by atomic mass is 16.2. The van der Waals surface area contributed by atoms with Gasteiger partial charge >= 0.3 is 0 Å². The summed E-state index contributed by atoms with van der Waals surface area (Å²) in [6, 6.07) is 23.8. The van der Waals surface area contributed by atoms with Gasteiger partial charge < -0.3 is 9.80 Å². The van der Waals surface area contributed by atoms with E-state index in [9.17, 15) is 9.59 Å². The van der Waals surface area contributed by atoms with Gasteiger partial charge in [0.05, 0.1) is 13.0 Å². The molecule has 4 heteroatoms. The number of rotatable bonds is 6. The molecule has 1 fully saturated rings. The lowest BCUT2D eigenvalue weighted by Gasteiger charge is -2.24. The number of anilines is 1. The van der Waals surface area contributed by atoms with Crippen molar-refractivity contribution in [2.45, 2.75) is 39.7 Å². The fourth-order valence-electron chi connectivity index (χ4n) is 4.17.